The number of rotatable bonds is 6. The van der Waals surface area contributed by atoms with Crippen LogP contribution in [0.3, 0.4) is 0 Å². The molecule has 0 bridgehead atoms. The van der Waals surface area contributed by atoms with E-state index in [9.17, 15) is 17.6 Å². The van der Waals surface area contributed by atoms with Crippen LogP contribution in [0.2, 0.25) is 0 Å². The molecule has 0 atom stereocenters. The molecule has 1 saturated carbocycles. The standard InChI is InChI=1S/C20H21FN2O5S/c21-15-3-5-16(6-4-15)28-19-8-7-17(13-18(19)22-20(24)14-1-2-14)29(25,26)23-9-11-27-12-10-23/h3-8,13-14H,1-2,9-12H2,(H,22,24). The minimum Gasteiger partial charge on any atom is -0.455 e. The number of amides is 1. The highest BCUT2D eigenvalue weighted by atomic mass is 32.2. The molecule has 0 spiro atoms. The topological polar surface area (TPSA) is 84.9 Å². The first-order valence-corrected chi connectivity index (χ1v) is 10.8. The fourth-order valence-corrected chi connectivity index (χ4v) is 4.44. The van der Waals surface area contributed by atoms with Crippen molar-refractivity contribution in [3.8, 4) is 11.5 Å². The van der Waals surface area contributed by atoms with E-state index in [1.165, 1.54) is 46.8 Å². The van der Waals surface area contributed by atoms with E-state index in [0.29, 0.717) is 19.0 Å². The van der Waals surface area contributed by atoms with Crippen LogP contribution >= 0.6 is 0 Å². The zero-order valence-corrected chi connectivity index (χ0v) is 16.5. The van der Waals surface area contributed by atoms with Gasteiger partial charge in [0.2, 0.25) is 15.9 Å². The second-order valence-electron chi connectivity index (χ2n) is 6.99. The number of anilines is 1. The number of carbonyl (C=O) groups excluding carboxylic acids is 1. The van der Waals surface area contributed by atoms with Crippen LogP contribution in [0.5, 0.6) is 11.5 Å². The highest BCUT2D eigenvalue weighted by Gasteiger charge is 2.31. The monoisotopic (exact) mass is 420 g/mol. The van der Waals surface area contributed by atoms with Gasteiger partial charge in [0.25, 0.3) is 0 Å². The first-order valence-electron chi connectivity index (χ1n) is 9.40. The molecule has 9 heteroatoms. The molecule has 1 aliphatic heterocycles. The van der Waals surface area contributed by atoms with Crippen molar-refractivity contribution in [2.45, 2.75) is 17.7 Å². The summed E-state index contributed by atoms with van der Waals surface area (Å²) >= 11 is 0. The highest BCUT2D eigenvalue weighted by molar-refractivity contribution is 7.89. The number of morpholine rings is 1. The lowest BCUT2D eigenvalue weighted by Crippen LogP contribution is -2.40. The zero-order valence-electron chi connectivity index (χ0n) is 15.6. The van der Waals surface area contributed by atoms with Crippen LogP contribution in [0.1, 0.15) is 12.8 Å². The van der Waals surface area contributed by atoms with Gasteiger partial charge >= 0.3 is 0 Å². The first-order chi connectivity index (χ1) is 13.9. The number of sulfonamides is 1. The lowest BCUT2D eigenvalue weighted by molar-refractivity contribution is -0.117. The maximum Gasteiger partial charge on any atom is 0.243 e. The van der Waals surface area contributed by atoms with E-state index in [1.54, 1.807) is 0 Å². The summed E-state index contributed by atoms with van der Waals surface area (Å²) in [6, 6.07) is 9.78. The highest BCUT2D eigenvalue weighted by Crippen LogP contribution is 2.36. The minimum absolute atomic E-state index is 0.0619. The first kappa shape index (κ1) is 19.8. The minimum atomic E-state index is -3.72. The molecule has 2 aliphatic rings. The van der Waals surface area contributed by atoms with Crippen LogP contribution in [-0.2, 0) is 19.6 Å². The van der Waals surface area contributed by atoms with Gasteiger partial charge in [-0.3, -0.25) is 4.79 Å². The second-order valence-corrected chi connectivity index (χ2v) is 8.93. The SMILES string of the molecule is O=C(Nc1cc(S(=O)(=O)N2CCOCC2)ccc1Oc1ccc(F)cc1)C1CC1. The third-order valence-electron chi connectivity index (χ3n) is 4.81. The van der Waals surface area contributed by atoms with Crippen LogP contribution in [0.4, 0.5) is 10.1 Å². The van der Waals surface area contributed by atoms with Gasteiger partial charge in [-0.2, -0.15) is 4.31 Å². The molecule has 0 aromatic heterocycles. The maximum absolute atomic E-state index is 13.1. The average molecular weight is 420 g/mol. The maximum atomic E-state index is 13.1. The van der Waals surface area contributed by atoms with Gasteiger partial charge in [0, 0.05) is 19.0 Å². The molecular formula is C20H21FN2O5S. The summed E-state index contributed by atoms with van der Waals surface area (Å²) in [5.41, 5.74) is 0.264. The Morgan fingerprint density at radius 2 is 1.79 bits per heavy atom. The molecule has 0 unspecified atom stereocenters. The molecule has 7 nitrogen and oxygen atoms in total. The van der Waals surface area contributed by atoms with Gasteiger partial charge in [-0.25, -0.2) is 12.8 Å². The molecule has 2 fully saturated rings. The summed E-state index contributed by atoms with van der Waals surface area (Å²) < 4.78 is 51.4. The lowest BCUT2D eigenvalue weighted by atomic mass is 10.2. The molecule has 1 N–H and O–H groups in total. The molecule has 2 aromatic carbocycles. The Morgan fingerprint density at radius 1 is 1.10 bits per heavy atom. The van der Waals surface area contributed by atoms with Crippen molar-refractivity contribution in [2.75, 3.05) is 31.6 Å². The molecule has 1 heterocycles. The Balaban J connectivity index is 1.65. The van der Waals surface area contributed by atoms with E-state index >= 15 is 0 Å². The summed E-state index contributed by atoms with van der Waals surface area (Å²) in [6.45, 7) is 1.24. The molecule has 2 aromatic rings. The molecule has 1 aliphatic carbocycles. The largest absolute Gasteiger partial charge is 0.455 e. The van der Waals surface area contributed by atoms with Gasteiger partial charge in [0.1, 0.15) is 11.6 Å². The number of hydrogen-bond acceptors (Lipinski definition) is 5. The van der Waals surface area contributed by atoms with Gasteiger partial charge in [0.05, 0.1) is 23.8 Å². The Hall–Kier alpha value is -2.49. The summed E-state index contributed by atoms with van der Waals surface area (Å²) in [7, 11) is -3.72. The summed E-state index contributed by atoms with van der Waals surface area (Å²) in [5, 5.41) is 2.77. The Labute approximate surface area is 168 Å². The predicted octanol–water partition coefficient (Wildman–Crippen LogP) is 2.99. The van der Waals surface area contributed by atoms with E-state index in [2.05, 4.69) is 5.32 Å². The average Bonchev–Trinajstić information content (AvgIpc) is 3.57. The van der Waals surface area contributed by atoms with E-state index in [0.717, 1.165) is 12.8 Å². The van der Waals surface area contributed by atoms with E-state index in [4.69, 9.17) is 9.47 Å². The van der Waals surface area contributed by atoms with Crippen molar-refractivity contribution in [3.05, 3.63) is 48.3 Å². The van der Waals surface area contributed by atoms with Crippen molar-refractivity contribution in [1.29, 1.82) is 0 Å². The quantitative estimate of drug-likeness (QED) is 0.777. The van der Waals surface area contributed by atoms with Crippen molar-refractivity contribution in [3.63, 3.8) is 0 Å². The number of ether oxygens (including phenoxy) is 2. The van der Waals surface area contributed by atoms with Crippen LogP contribution in [0.15, 0.2) is 47.4 Å². The van der Waals surface area contributed by atoms with Crippen molar-refractivity contribution in [1.82, 2.24) is 4.31 Å². The normalized spacial score (nSPS) is 17.7. The zero-order chi connectivity index (χ0) is 20.4. The molecule has 29 heavy (non-hydrogen) atoms. The molecule has 1 saturated heterocycles. The van der Waals surface area contributed by atoms with Crippen molar-refractivity contribution in [2.24, 2.45) is 5.92 Å². The number of nitrogens with one attached hydrogen (secondary N) is 1. The fourth-order valence-electron chi connectivity index (χ4n) is 3.00. The Morgan fingerprint density at radius 3 is 2.45 bits per heavy atom. The van der Waals surface area contributed by atoms with Gasteiger partial charge in [-0.05, 0) is 55.3 Å². The summed E-state index contributed by atoms with van der Waals surface area (Å²) in [6.07, 6.45) is 1.62. The van der Waals surface area contributed by atoms with Gasteiger partial charge in [0.15, 0.2) is 5.75 Å². The third-order valence-corrected chi connectivity index (χ3v) is 6.70. The second kappa shape index (κ2) is 8.10. The van der Waals surface area contributed by atoms with Crippen molar-refractivity contribution < 1.29 is 27.1 Å². The van der Waals surface area contributed by atoms with Crippen LogP contribution in [0, 0.1) is 11.7 Å². The van der Waals surface area contributed by atoms with E-state index < -0.39 is 15.8 Å². The number of nitrogens with zero attached hydrogens (tertiary/aromatic N) is 1. The lowest BCUT2D eigenvalue weighted by Gasteiger charge is -2.26. The number of hydrogen-bond donors (Lipinski definition) is 1. The van der Waals surface area contributed by atoms with Gasteiger partial charge in [-0.15, -0.1) is 0 Å². The summed E-state index contributed by atoms with van der Waals surface area (Å²) in [5.74, 6) is 0.0262. The molecule has 154 valence electrons. The van der Waals surface area contributed by atoms with Crippen LogP contribution in [-0.4, -0.2) is 44.9 Å². The number of carbonyl (C=O) groups is 1. The van der Waals surface area contributed by atoms with Crippen molar-refractivity contribution >= 4 is 21.6 Å². The molecule has 1 amide bonds. The summed E-state index contributed by atoms with van der Waals surface area (Å²) in [4.78, 5) is 12.4. The van der Waals surface area contributed by atoms with Gasteiger partial charge < -0.3 is 14.8 Å². The van der Waals surface area contributed by atoms with Gasteiger partial charge in [-0.1, -0.05) is 0 Å². The number of benzene rings is 2. The molecule has 4 rings (SSSR count). The Bertz CT molecular complexity index is 1000. The predicted molar refractivity (Wildman–Crippen MR) is 104 cm³/mol. The number of halogens is 1. The van der Waals surface area contributed by atoms with Crippen LogP contribution in [0.25, 0.3) is 0 Å². The smallest absolute Gasteiger partial charge is 0.243 e. The third kappa shape index (κ3) is 4.58. The fraction of sp³-hybridized carbons (Fsp3) is 0.350. The molecular weight excluding hydrogens is 399 g/mol. The van der Waals surface area contributed by atoms with E-state index in [1.807, 2.05) is 0 Å². The molecule has 0 radical (unpaired) electrons. The Kier molecular flexibility index (Phi) is 5.53. The van der Waals surface area contributed by atoms with Crippen LogP contribution < -0.4 is 10.1 Å². The van der Waals surface area contributed by atoms with E-state index in [-0.39, 0.29) is 41.2 Å².